The van der Waals surface area contributed by atoms with E-state index >= 15 is 0 Å². The first-order valence-corrected chi connectivity index (χ1v) is 9.68. The minimum atomic E-state index is -5.19. The van der Waals surface area contributed by atoms with Crippen LogP contribution in [0, 0.1) is 0 Å². The van der Waals surface area contributed by atoms with E-state index in [1.54, 1.807) is 0 Å². The topological polar surface area (TPSA) is 117 Å². The fourth-order valence-corrected chi connectivity index (χ4v) is 3.55. The lowest BCUT2D eigenvalue weighted by Gasteiger charge is -2.10. The van der Waals surface area contributed by atoms with Crippen LogP contribution in [0.15, 0.2) is 29.3 Å². The molecular weight excluding hydrogens is 431 g/mol. The van der Waals surface area contributed by atoms with E-state index in [1.807, 2.05) is 30.5 Å². The number of carbonyl (C=O) groups is 1. The minimum Gasteiger partial charge on any atom is -0.542 e. The number of hydrogen-bond acceptors (Lipinski definition) is 7. The zero-order valence-electron chi connectivity index (χ0n) is 16.6. The van der Waals surface area contributed by atoms with E-state index in [9.17, 15) is 18.3 Å². The average Bonchev–Trinajstić information content (AvgIpc) is 3.39. The number of aromatic hydroxyl groups is 1. The van der Waals surface area contributed by atoms with Crippen molar-refractivity contribution >= 4 is 29.1 Å². The maximum atomic E-state index is 10.6. The first-order valence-electron chi connectivity index (χ1n) is 9.68. The molecule has 168 valence electrons. The van der Waals surface area contributed by atoms with E-state index in [-0.39, 0.29) is 12.5 Å². The quantitative estimate of drug-likeness (QED) is 0.518. The molecule has 5 rings (SSSR count). The number of carboxylic acids is 1. The molecule has 32 heavy (non-hydrogen) atoms. The molecule has 3 heterocycles. The molecule has 0 saturated heterocycles. The van der Waals surface area contributed by atoms with Crippen LogP contribution in [0.5, 0.6) is 17.2 Å². The maximum absolute atomic E-state index is 10.6. The molecule has 3 aliphatic rings. The van der Waals surface area contributed by atoms with Gasteiger partial charge in [0.15, 0.2) is 17.7 Å². The van der Waals surface area contributed by atoms with Gasteiger partial charge in [0.2, 0.25) is 12.5 Å². The molecule has 0 amide bonds. The predicted molar refractivity (Wildman–Crippen MR) is 104 cm³/mol. The Balaban J connectivity index is 0.000000307. The molecule has 0 aromatic heterocycles. The van der Waals surface area contributed by atoms with Crippen LogP contribution in [0.2, 0.25) is 0 Å². The van der Waals surface area contributed by atoms with E-state index in [0.29, 0.717) is 12.2 Å². The van der Waals surface area contributed by atoms with Gasteiger partial charge in [-0.15, -0.1) is 0 Å². The number of rotatable bonds is 4. The summed E-state index contributed by atoms with van der Waals surface area (Å²) in [5.74, 6) is -1.16. The van der Waals surface area contributed by atoms with Crippen LogP contribution in [-0.4, -0.2) is 43.3 Å². The highest BCUT2D eigenvalue weighted by Crippen LogP contribution is 2.32. The van der Waals surface area contributed by atoms with Crippen LogP contribution >= 0.6 is 0 Å². The van der Waals surface area contributed by atoms with Gasteiger partial charge in [-0.1, -0.05) is 6.07 Å². The normalized spacial score (nSPS) is 14.9. The number of phenols is 1. The van der Waals surface area contributed by atoms with Crippen LogP contribution in [-0.2, 0) is 11.2 Å². The van der Waals surface area contributed by atoms with Crippen LogP contribution in [0.3, 0.4) is 0 Å². The molecule has 0 bridgehead atoms. The molecule has 2 aromatic carbocycles. The minimum absolute atomic E-state index is 0.257. The van der Waals surface area contributed by atoms with Crippen molar-refractivity contribution in [2.75, 3.05) is 25.2 Å². The number of anilines is 1. The molecule has 0 saturated carbocycles. The molecule has 0 radical (unpaired) electrons. The number of carboxylic acid groups (broad SMARTS) is 1. The Bertz CT molecular complexity index is 1220. The van der Waals surface area contributed by atoms with Gasteiger partial charge in [0.05, 0.1) is 16.3 Å². The first kappa shape index (κ1) is 21.5. The number of hydrogen-bond donors (Lipinski definition) is 3. The SMILES string of the molecule is O=C([O-])C(F)(F)F.Oc1c(NCCc2ccc3c(c2)OCO3)cc2c3c1[NH+]=CC=3CCN=2. The highest BCUT2D eigenvalue weighted by Gasteiger charge is 2.29. The van der Waals surface area contributed by atoms with E-state index in [1.165, 1.54) is 5.57 Å². The Morgan fingerprint density at radius 1 is 1.25 bits per heavy atom. The van der Waals surface area contributed by atoms with Crippen molar-refractivity contribution in [3.63, 3.8) is 0 Å². The number of halogens is 3. The predicted octanol–water partition coefficient (Wildman–Crippen LogP) is -0.955. The highest BCUT2D eigenvalue weighted by molar-refractivity contribution is 6.02. The molecule has 11 heteroatoms. The van der Waals surface area contributed by atoms with Gasteiger partial charge in [-0.2, -0.15) is 13.2 Å². The van der Waals surface area contributed by atoms with Crippen molar-refractivity contribution < 1.29 is 42.6 Å². The van der Waals surface area contributed by atoms with Gasteiger partial charge in [-0.05, 0) is 36.6 Å². The van der Waals surface area contributed by atoms with Gasteiger partial charge in [0, 0.05) is 18.7 Å². The van der Waals surface area contributed by atoms with Crippen LogP contribution < -0.4 is 35.5 Å². The lowest BCUT2D eigenvalue weighted by Crippen LogP contribution is -2.61. The number of nitrogens with one attached hydrogen (secondary N) is 2. The Hall–Kier alpha value is -3.76. The molecule has 3 N–H and O–H groups in total. The summed E-state index contributed by atoms with van der Waals surface area (Å²) in [6.45, 7) is 1.78. The summed E-state index contributed by atoms with van der Waals surface area (Å²) in [5.41, 5.74) is 3.86. The average molecular weight is 449 g/mol. The molecule has 0 fully saturated rings. The molecule has 0 aliphatic carbocycles. The molecule has 8 nitrogen and oxygen atoms in total. The second-order valence-corrected chi connectivity index (χ2v) is 7.14. The largest absolute Gasteiger partial charge is 0.542 e. The van der Waals surface area contributed by atoms with Crippen molar-refractivity contribution in [1.29, 1.82) is 0 Å². The summed E-state index contributed by atoms with van der Waals surface area (Å²) in [4.78, 5) is 16.6. The molecule has 0 unspecified atom stereocenters. The fraction of sp³-hybridized carbons (Fsp3) is 0.286. The van der Waals surface area contributed by atoms with Crippen LogP contribution in [0.25, 0.3) is 5.57 Å². The van der Waals surface area contributed by atoms with Gasteiger partial charge >= 0.3 is 6.18 Å². The summed E-state index contributed by atoms with van der Waals surface area (Å²) in [7, 11) is 0. The van der Waals surface area contributed by atoms with E-state index in [2.05, 4.69) is 15.3 Å². The Morgan fingerprint density at radius 2 is 2.00 bits per heavy atom. The van der Waals surface area contributed by atoms with Crippen molar-refractivity contribution in [3.8, 4) is 17.2 Å². The number of nitrogens with zero attached hydrogens (tertiary/aromatic N) is 1. The zero-order chi connectivity index (χ0) is 22.9. The summed E-state index contributed by atoms with van der Waals surface area (Å²) in [6.07, 6.45) is -1.49. The summed E-state index contributed by atoms with van der Waals surface area (Å²) in [6, 6.07) is 7.91. The molecule has 0 atom stereocenters. The number of phenolic OH excluding ortho intramolecular Hbond substituents is 1. The highest BCUT2D eigenvalue weighted by atomic mass is 19.4. The lowest BCUT2D eigenvalue weighted by molar-refractivity contribution is -0.345. The number of aliphatic carboxylic acids is 1. The zero-order valence-corrected chi connectivity index (χ0v) is 16.6. The van der Waals surface area contributed by atoms with E-state index in [4.69, 9.17) is 19.4 Å². The van der Waals surface area contributed by atoms with Crippen molar-refractivity contribution in [2.24, 2.45) is 4.99 Å². The molecule has 3 aliphatic heterocycles. The van der Waals surface area contributed by atoms with Crippen molar-refractivity contribution in [2.45, 2.75) is 19.0 Å². The molecule has 0 spiro atoms. The number of ether oxygens (including phenoxy) is 2. The third-order valence-corrected chi connectivity index (χ3v) is 5.05. The van der Waals surface area contributed by atoms with Gasteiger partial charge < -0.3 is 29.8 Å². The standard InChI is InChI=1S/C19H17N3O3.C2HF3O2/c23-19-14(8-13-17-12(4-6-20-13)9-22-18(17)19)21-5-3-11-1-2-15-16(7-11)25-10-24-15;3-2(4,5)1(6)7/h1-2,7-9,21,23H,3-6,10H2;(H,6,7). The van der Waals surface area contributed by atoms with Gasteiger partial charge in [0.25, 0.3) is 5.69 Å². The number of fused-ring (bicyclic) bond motifs is 1. The number of carbonyl (C=O) groups excluding carboxylic acids is 1. The number of alkyl halides is 3. The maximum Gasteiger partial charge on any atom is 0.430 e. The molecule has 2 aromatic rings. The second-order valence-electron chi connectivity index (χ2n) is 7.14. The van der Waals surface area contributed by atoms with Crippen LogP contribution in [0.4, 0.5) is 24.5 Å². The summed E-state index contributed by atoms with van der Waals surface area (Å²) >= 11 is 0. The fourth-order valence-electron chi connectivity index (χ4n) is 3.55. The van der Waals surface area contributed by atoms with Crippen molar-refractivity contribution in [3.05, 3.63) is 40.4 Å². The van der Waals surface area contributed by atoms with Crippen molar-refractivity contribution in [1.82, 2.24) is 0 Å². The van der Waals surface area contributed by atoms with E-state index < -0.39 is 12.1 Å². The Labute approximate surface area is 179 Å². The second kappa shape index (κ2) is 8.40. The lowest BCUT2D eigenvalue weighted by atomic mass is 10.1. The Morgan fingerprint density at radius 3 is 2.75 bits per heavy atom. The monoisotopic (exact) mass is 449 g/mol. The smallest absolute Gasteiger partial charge is 0.430 e. The Kier molecular flexibility index (Phi) is 5.64. The first-order chi connectivity index (χ1) is 15.2. The van der Waals surface area contributed by atoms with Gasteiger partial charge in [-0.3, -0.25) is 4.99 Å². The third kappa shape index (κ3) is 4.32. The third-order valence-electron chi connectivity index (χ3n) is 5.05. The van der Waals surface area contributed by atoms with E-state index in [0.717, 1.165) is 52.7 Å². The van der Waals surface area contributed by atoms with Gasteiger partial charge in [0.1, 0.15) is 5.97 Å². The number of benzene rings is 2. The van der Waals surface area contributed by atoms with Crippen LogP contribution in [0.1, 0.15) is 12.0 Å². The van der Waals surface area contributed by atoms with Gasteiger partial charge in [-0.25, -0.2) is 4.99 Å². The molecular formula is C21H18F3N3O5. The summed E-state index contributed by atoms with van der Waals surface area (Å²) < 4.78 is 42.3. The summed E-state index contributed by atoms with van der Waals surface area (Å²) in [5, 5.41) is 24.7.